The number of hydrogen-bond acceptors (Lipinski definition) is 4. The highest BCUT2D eigenvalue weighted by molar-refractivity contribution is 5.73. The molecule has 2 aromatic rings. The molecule has 0 bridgehead atoms. The summed E-state index contributed by atoms with van der Waals surface area (Å²) >= 11 is 0. The van der Waals surface area contributed by atoms with Gasteiger partial charge in [0.2, 0.25) is 0 Å². The van der Waals surface area contributed by atoms with Crippen molar-refractivity contribution < 1.29 is 14.6 Å². The number of nitrogens with zero attached hydrogens (tertiary/aromatic N) is 4. The fraction of sp³-hybridized carbons (Fsp3) is 0.308. The number of carboxylic acids is 1. The van der Waals surface area contributed by atoms with Crippen LogP contribution in [0.4, 0.5) is 0 Å². The highest BCUT2D eigenvalue weighted by Crippen LogP contribution is 2.15. The molecule has 0 fully saturated rings. The number of carbonyl (C=O) groups is 1. The lowest BCUT2D eigenvalue weighted by molar-refractivity contribution is -0.762. The van der Waals surface area contributed by atoms with E-state index < -0.39 is 11.4 Å². The summed E-state index contributed by atoms with van der Waals surface area (Å²) in [5.41, 5.74) is 0.799. The molecule has 0 aromatic carbocycles. The van der Waals surface area contributed by atoms with Gasteiger partial charge in [-0.2, -0.15) is 0 Å². The summed E-state index contributed by atoms with van der Waals surface area (Å²) in [6.07, 6.45) is 6.56. The molecule has 0 aliphatic heterocycles. The van der Waals surface area contributed by atoms with E-state index in [-0.39, 0.29) is 0 Å². The Balaban J connectivity index is 2.18. The van der Waals surface area contributed by atoms with Gasteiger partial charge in [0.05, 0.1) is 5.69 Å². The van der Waals surface area contributed by atoms with Crippen molar-refractivity contribution in [1.29, 1.82) is 0 Å². The van der Waals surface area contributed by atoms with Crippen LogP contribution in [-0.4, -0.2) is 26.1 Å². The van der Waals surface area contributed by atoms with E-state index in [0.717, 1.165) is 11.3 Å². The van der Waals surface area contributed by atoms with E-state index in [0.29, 0.717) is 6.54 Å². The first-order valence-electron chi connectivity index (χ1n) is 5.84. The van der Waals surface area contributed by atoms with Gasteiger partial charge in [-0.15, -0.1) is 0 Å². The summed E-state index contributed by atoms with van der Waals surface area (Å²) in [6.45, 7) is 3.65. The van der Waals surface area contributed by atoms with Crippen LogP contribution in [0.15, 0.2) is 37.1 Å². The summed E-state index contributed by atoms with van der Waals surface area (Å²) in [5, 5.41) is 13.3. The SMILES string of the molecule is CC(C)(C[n+]1ccc(-c2ccncn2)cn1)C(=O)O. The second-order valence-corrected chi connectivity index (χ2v) is 4.90. The van der Waals surface area contributed by atoms with Crippen LogP contribution in [0, 0.1) is 5.41 Å². The molecule has 0 unspecified atom stereocenters. The molecule has 1 N–H and O–H groups in total. The summed E-state index contributed by atoms with van der Waals surface area (Å²) in [4.78, 5) is 19.0. The van der Waals surface area contributed by atoms with Crippen molar-refractivity contribution in [1.82, 2.24) is 15.1 Å². The quantitative estimate of drug-likeness (QED) is 0.826. The summed E-state index contributed by atoms with van der Waals surface area (Å²) < 4.78 is 1.61. The van der Waals surface area contributed by atoms with Gasteiger partial charge in [-0.05, 0) is 25.0 Å². The molecule has 2 rings (SSSR count). The van der Waals surface area contributed by atoms with Gasteiger partial charge in [0.1, 0.15) is 17.9 Å². The lowest BCUT2D eigenvalue weighted by Crippen LogP contribution is -2.46. The predicted octanol–water partition coefficient (Wildman–Crippen LogP) is 0.937. The predicted molar refractivity (Wildman–Crippen MR) is 66.9 cm³/mol. The van der Waals surface area contributed by atoms with Gasteiger partial charge in [0.25, 0.3) is 0 Å². The molecule has 0 amide bonds. The zero-order valence-electron chi connectivity index (χ0n) is 10.8. The van der Waals surface area contributed by atoms with Gasteiger partial charge in [-0.1, -0.05) is 4.68 Å². The maximum absolute atomic E-state index is 11.1. The van der Waals surface area contributed by atoms with Crippen LogP contribution in [0.25, 0.3) is 11.3 Å². The average molecular weight is 259 g/mol. The van der Waals surface area contributed by atoms with Crippen molar-refractivity contribution in [2.24, 2.45) is 5.41 Å². The van der Waals surface area contributed by atoms with Crippen LogP contribution in [-0.2, 0) is 11.3 Å². The lowest BCUT2D eigenvalue weighted by Gasteiger charge is -2.13. The third kappa shape index (κ3) is 3.09. The zero-order chi connectivity index (χ0) is 13.9. The minimum absolute atomic E-state index is 0.312. The van der Waals surface area contributed by atoms with Crippen molar-refractivity contribution in [2.45, 2.75) is 20.4 Å². The number of aliphatic carboxylic acids is 1. The van der Waals surface area contributed by atoms with Gasteiger partial charge in [0, 0.05) is 17.8 Å². The average Bonchev–Trinajstić information content (AvgIpc) is 2.40. The molecule has 0 aliphatic carbocycles. The smallest absolute Gasteiger partial charge is 0.315 e. The molecule has 6 nitrogen and oxygen atoms in total. The Kier molecular flexibility index (Phi) is 3.50. The molecule has 0 spiro atoms. The Labute approximate surface area is 110 Å². The normalized spacial score (nSPS) is 11.3. The van der Waals surface area contributed by atoms with Crippen molar-refractivity contribution >= 4 is 5.97 Å². The minimum Gasteiger partial charge on any atom is -0.481 e. The third-order valence-corrected chi connectivity index (χ3v) is 2.79. The monoisotopic (exact) mass is 259 g/mol. The number of rotatable bonds is 4. The molecular formula is C13H15N4O2+. The second-order valence-electron chi connectivity index (χ2n) is 4.90. The second kappa shape index (κ2) is 5.09. The molecule has 0 aliphatic rings. The van der Waals surface area contributed by atoms with Crippen molar-refractivity contribution in [3.63, 3.8) is 0 Å². The molecule has 2 heterocycles. The van der Waals surface area contributed by atoms with Crippen LogP contribution in [0.2, 0.25) is 0 Å². The first kappa shape index (κ1) is 13.1. The van der Waals surface area contributed by atoms with Crippen LogP contribution >= 0.6 is 0 Å². The number of hydrogen-bond donors (Lipinski definition) is 1. The molecule has 2 aromatic heterocycles. The van der Waals surface area contributed by atoms with E-state index in [1.165, 1.54) is 6.33 Å². The summed E-state index contributed by atoms with van der Waals surface area (Å²) in [6, 6.07) is 3.65. The first-order valence-corrected chi connectivity index (χ1v) is 5.84. The van der Waals surface area contributed by atoms with Crippen LogP contribution in [0.1, 0.15) is 13.8 Å². The lowest BCUT2D eigenvalue weighted by atomic mass is 9.94. The highest BCUT2D eigenvalue weighted by atomic mass is 16.4. The van der Waals surface area contributed by atoms with E-state index in [9.17, 15) is 4.79 Å². The van der Waals surface area contributed by atoms with Gasteiger partial charge >= 0.3 is 5.97 Å². The number of aromatic nitrogens is 4. The Morgan fingerprint density at radius 2 is 2.21 bits per heavy atom. The summed E-state index contributed by atoms with van der Waals surface area (Å²) in [5.74, 6) is -0.846. The largest absolute Gasteiger partial charge is 0.481 e. The van der Waals surface area contributed by atoms with Gasteiger partial charge in [-0.25, -0.2) is 9.97 Å². The topological polar surface area (TPSA) is 79.8 Å². The Bertz CT molecular complexity index is 567. The van der Waals surface area contributed by atoms with Crippen molar-refractivity contribution in [2.75, 3.05) is 0 Å². The van der Waals surface area contributed by atoms with Crippen LogP contribution in [0.3, 0.4) is 0 Å². The molecule has 19 heavy (non-hydrogen) atoms. The first-order chi connectivity index (χ1) is 8.99. The standard InChI is InChI=1S/C13H14N4O2/c1-13(2,12(18)19)8-17-6-4-10(7-16-17)11-3-5-14-9-15-11/h3-7,9H,8H2,1-2H3/p+1. The highest BCUT2D eigenvalue weighted by Gasteiger charge is 2.32. The van der Waals surface area contributed by atoms with Crippen molar-refractivity contribution in [3.8, 4) is 11.3 Å². The Hall–Kier alpha value is -2.37. The van der Waals surface area contributed by atoms with E-state index in [4.69, 9.17) is 5.11 Å². The molecule has 0 radical (unpaired) electrons. The Morgan fingerprint density at radius 1 is 1.42 bits per heavy atom. The maximum atomic E-state index is 11.1. The third-order valence-electron chi connectivity index (χ3n) is 2.79. The van der Waals surface area contributed by atoms with Gasteiger partial charge in [0.15, 0.2) is 12.7 Å². The van der Waals surface area contributed by atoms with Gasteiger partial charge < -0.3 is 5.11 Å². The van der Waals surface area contributed by atoms with Crippen molar-refractivity contribution in [3.05, 3.63) is 37.1 Å². The van der Waals surface area contributed by atoms with Gasteiger partial charge in [-0.3, -0.25) is 4.79 Å². The minimum atomic E-state index is -0.853. The van der Waals surface area contributed by atoms with E-state index in [1.807, 2.05) is 6.07 Å². The molecule has 98 valence electrons. The van der Waals surface area contributed by atoms with E-state index in [1.54, 1.807) is 43.2 Å². The molecule has 6 heteroatoms. The fourth-order valence-corrected chi connectivity index (χ4v) is 1.56. The van der Waals surface area contributed by atoms with Crippen LogP contribution < -0.4 is 4.68 Å². The zero-order valence-corrected chi connectivity index (χ0v) is 10.8. The molecule has 0 saturated carbocycles. The number of carboxylic acid groups (broad SMARTS) is 1. The summed E-state index contributed by atoms with van der Waals surface area (Å²) in [7, 11) is 0. The molecular weight excluding hydrogens is 244 g/mol. The van der Waals surface area contributed by atoms with E-state index >= 15 is 0 Å². The van der Waals surface area contributed by atoms with E-state index in [2.05, 4.69) is 15.1 Å². The fourth-order valence-electron chi connectivity index (χ4n) is 1.56. The Morgan fingerprint density at radius 3 is 2.74 bits per heavy atom. The van der Waals surface area contributed by atoms with Crippen LogP contribution in [0.5, 0.6) is 0 Å². The molecule has 0 atom stereocenters. The maximum Gasteiger partial charge on any atom is 0.315 e. The molecule has 0 saturated heterocycles.